The van der Waals surface area contributed by atoms with E-state index in [0.717, 1.165) is 47.0 Å². The largest absolute Gasteiger partial charge is 0.497 e. The summed E-state index contributed by atoms with van der Waals surface area (Å²) >= 11 is 0. The van der Waals surface area contributed by atoms with Gasteiger partial charge in [-0.25, -0.2) is 0 Å². The normalized spacial score (nSPS) is 13.4. The Morgan fingerprint density at radius 3 is 2.85 bits per heavy atom. The lowest BCUT2D eigenvalue weighted by Crippen LogP contribution is -2.04. The second kappa shape index (κ2) is 7.70. The standard InChI is InChI=1S/C21H23N3O3/c1-14-18(22-12-20-23-21(27-24-20)16-9-10-16)7-4-8-19(14)26-13-15-5-3-6-17(11-15)25-2/h3-8,11,16,22H,9-10,12-13H2,1-2H3. The smallest absolute Gasteiger partial charge is 0.229 e. The maximum atomic E-state index is 6.01. The Hall–Kier alpha value is -3.02. The second-order valence-corrected chi connectivity index (χ2v) is 6.75. The molecule has 0 amide bonds. The molecule has 6 heteroatoms. The van der Waals surface area contributed by atoms with Crippen LogP contribution >= 0.6 is 0 Å². The van der Waals surface area contributed by atoms with Crippen LogP contribution in [-0.2, 0) is 13.2 Å². The Labute approximate surface area is 158 Å². The van der Waals surface area contributed by atoms with Crippen LogP contribution < -0.4 is 14.8 Å². The predicted octanol–water partition coefficient (Wildman–Crippen LogP) is 4.46. The highest BCUT2D eigenvalue weighted by Gasteiger charge is 2.29. The van der Waals surface area contributed by atoms with Gasteiger partial charge in [-0.3, -0.25) is 0 Å². The molecule has 140 valence electrons. The highest BCUT2D eigenvalue weighted by Crippen LogP contribution is 2.38. The van der Waals surface area contributed by atoms with E-state index >= 15 is 0 Å². The SMILES string of the molecule is COc1cccc(COc2cccc(NCc3noc(C4CC4)n3)c2C)c1. The first kappa shape index (κ1) is 17.4. The molecule has 1 saturated carbocycles. The molecule has 0 radical (unpaired) electrons. The number of nitrogens with zero attached hydrogens (tertiary/aromatic N) is 2. The lowest BCUT2D eigenvalue weighted by atomic mass is 10.1. The van der Waals surface area contributed by atoms with Gasteiger partial charge in [-0.05, 0) is 49.6 Å². The molecule has 0 atom stereocenters. The first-order valence-corrected chi connectivity index (χ1v) is 9.14. The summed E-state index contributed by atoms with van der Waals surface area (Å²) in [6.45, 7) is 3.04. The van der Waals surface area contributed by atoms with Crippen molar-refractivity contribution in [2.24, 2.45) is 0 Å². The third-order valence-electron chi connectivity index (χ3n) is 4.66. The fourth-order valence-corrected chi connectivity index (χ4v) is 2.90. The van der Waals surface area contributed by atoms with Crippen molar-refractivity contribution in [1.82, 2.24) is 10.1 Å². The van der Waals surface area contributed by atoms with Gasteiger partial charge in [0, 0.05) is 17.2 Å². The monoisotopic (exact) mass is 365 g/mol. The van der Waals surface area contributed by atoms with Crippen LogP contribution in [0.4, 0.5) is 5.69 Å². The van der Waals surface area contributed by atoms with Gasteiger partial charge in [-0.15, -0.1) is 0 Å². The van der Waals surface area contributed by atoms with E-state index < -0.39 is 0 Å². The molecule has 1 aliphatic rings. The van der Waals surface area contributed by atoms with Gasteiger partial charge >= 0.3 is 0 Å². The molecule has 0 bridgehead atoms. The van der Waals surface area contributed by atoms with Gasteiger partial charge < -0.3 is 19.3 Å². The average Bonchev–Trinajstić information content (AvgIpc) is 3.44. The Morgan fingerprint density at radius 2 is 2.04 bits per heavy atom. The van der Waals surface area contributed by atoms with Crippen LogP contribution in [0.1, 0.15) is 41.6 Å². The zero-order valence-electron chi connectivity index (χ0n) is 15.6. The van der Waals surface area contributed by atoms with Gasteiger partial charge in [0.1, 0.15) is 18.1 Å². The first-order chi connectivity index (χ1) is 13.2. The number of benzene rings is 2. The van der Waals surface area contributed by atoms with E-state index in [1.165, 1.54) is 0 Å². The minimum Gasteiger partial charge on any atom is -0.497 e. The molecule has 6 nitrogen and oxygen atoms in total. The molecule has 1 heterocycles. The van der Waals surface area contributed by atoms with E-state index in [0.29, 0.717) is 24.9 Å². The van der Waals surface area contributed by atoms with E-state index in [2.05, 4.69) is 15.5 Å². The number of rotatable bonds is 8. The maximum Gasteiger partial charge on any atom is 0.229 e. The second-order valence-electron chi connectivity index (χ2n) is 6.75. The highest BCUT2D eigenvalue weighted by atomic mass is 16.5. The quantitative estimate of drug-likeness (QED) is 0.636. The molecular formula is C21H23N3O3. The van der Waals surface area contributed by atoms with E-state index in [4.69, 9.17) is 14.0 Å². The van der Waals surface area contributed by atoms with E-state index in [1.807, 2.05) is 49.4 Å². The molecule has 1 fully saturated rings. The van der Waals surface area contributed by atoms with E-state index in [1.54, 1.807) is 7.11 Å². The van der Waals surface area contributed by atoms with Crippen molar-refractivity contribution in [2.75, 3.05) is 12.4 Å². The molecule has 2 aromatic carbocycles. The molecule has 0 spiro atoms. The number of aromatic nitrogens is 2. The molecule has 1 aliphatic carbocycles. The van der Waals surface area contributed by atoms with Crippen LogP contribution in [0.15, 0.2) is 47.0 Å². The van der Waals surface area contributed by atoms with Crippen molar-refractivity contribution in [1.29, 1.82) is 0 Å². The number of anilines is 1. The van der Waals surface area contributed by atoms with Crippen molar-refractivity contribution in [3.05, 3.63) is 65.3 Å². The summed E-state index contributed by atoms with van der Waals surface area (Å²) in [5, 5.41) is 7.42. The number of hydrogen-bond acceptors (Lipinski definition) is 6. The van der Waals surface area contributed by atoms with Crippen LogP contribution in [0.3, 0.4) is 0 Å². The molecule has 0 aliphatic heterocycles. The van der Waals surface area contributed by atoms with Crippen molar-refractivity contribution in [3.63, 3.8) is 0 Å². The van der Waals surface area contributed by atoms with Crippen LogP contribution in [-0.4, -0.2) is 17.3 Å². The summed E-state index contributed by atoms with van der Waals surface area (Å²) in [4.78, 5) is 4.45. The number of hydrogen-bond donors (Lipinski definition) is 1. The zero-order valence-corrected chi connectivity index (χ0v) is 15.6. The number of ether oxygens (including phenoxy) is 2. The molecular weight excluding hydrogens is 342 g/mol. The molecule has 4 rings (SSSR count). The Balaban J connectivity index is 1.39. The molecule has 27 heavy (non-hydrogen) atoms. The van der Waals surface area contributed by atoms with Crippen LogP contribution in [0.5, 0.6) is 11.5 Å². The van der Waals surface area contributed by atoms with Crippen molar-refractivity contribution >= 4 is 5.69 Å². The molecule has 3 aromatic rings. The fourth-order valence-electron chi connectivity index (χ4n) is 2.90. The topological polar surface area (TPSA) is 69.4 Å². The summed E-state index contributed by atoms with van der Waals surface area (Å²) in [6.07, 6.45) is 2.31. The Kier molecular flexibility index (Phi) is 4.96. The summed E-state index contributed by atoms with van der Waals surface area (Å²) < 4.78 is 16.6. The third kappa shape index (κ3) is 4.22. The van der Waals surface area contributed by atoms with Crippen LogP contribution in [0.25, 0.3) is 0 Å². The summed E-state index contributed by atoms with van der Waals surface area (Å²) in [5.74, 6) is 3.59. The summed E-state index contributed by atoms with van der Waals surface area (Å²) in [6, 6.07) is 13.9. The molecule has 0 unspecified atom stereocenters. The first-order valence-electron chi connectivity index (χ1n) is 9.14. The van der Waals surface area contributed by atoms with E-state index in [9.17, 15) is 0 Å². The summed E-state index contributed by atoms with van der Waals surface area (Å²) in [7, 11) is 1.66. The Morgan fingerprint density at radius 1 is 1.19 bits per heavy atom. The van der Waals surface area contributed by atoms with Gasteiger partial charge in [0.25, 0.3) is 0 Å². The fraction of sp³-hybridized carbons (Fsp3) is 0.333. The number of nitrogens with one attached hydrogen (secondary N) is 1. The predicted molar refractivity (Wildman–Crippen MR) is 102 cm³/mol. The van der Waals surface area contributed by atoms with Crippen molar-refractivity contribution in [3.8, 4) is 11.5 Å². The molecule has 1 aromatic heterocycles. The maximum absolute atomic E-state index is 6.01. The number of methoxy groups -OCH3 is 1. The van der Waals surface area contributed by atoms with Gasteiger partial charge in [0.15, 0.2) is 5.82 Å². The van der Waals surface area contributed by atoms with Gasteiger partial charge in [0.05, 0.1) is 13.7 Å². The average molecular weight is 365 g/mol. The lowest BCUT2D eigenvalue weighted by molar-refractivity contribution is 0.303. The van der Waals surface area contributed by atoms with Crippen LogP contribution in [0, 0.1) is 6.92 Å². The lowest BCUT2D eigenvalue weighted by Gasteiger charge is -2.14. The highest BCUT2D eigenvalue weighted by molar-refractivity contribution is 5.56. The van der Waals surface area contributed by atoms with E-state index in [-0.39, 0.29) is 0 Å². The minimum absolute atomic E-state index is 0.473. The Bertz CT molecular complexity index is 919. The summed E-state index contributed by atoms with van der Waals surface area (Å²) in [5.41, 5.74) is 3.11. The zero-order chi connectivity index (χ0) is 18.6. The van der Waals surface area contributed by atoms with Gasteiger partial charge in [-0.1, -0.05) is 23.4 Å². The van der Waals surface area contributed by atoms with Gasteiger partial charge in [-0.2, -0.15) is 4.98 Å². The van der Waals surface area contributed by atoms with Crippen molar-refractivity contribution in [2.45, 2.75) is 38.8 Å². The minimum atomic E-state index is 0.473. The van der Waals surface area contributed by atoms with Crippen molar-refractivity contribution < 1.29 is 14.0 Å². The third-order valence-corrected chi connectivity index (χ3v) is 4.66. The van der Waals surface area contributed by atoms with Crippen LogP contribution in [0.2, 0.25) is 0 Å². The molecule has 0 saturated heterocycles. The molecule has 1 N–H and O–H groups in total. The van der Waals surface area contributed by atoms with Gasteiger partial charge in [0.2, 0.25) is 5.89 Å².